The van der Waals surface area contributed by atoms with Gasteiger partial charge in [0.15, 0.2) is 0 Å². The zero-order valence-electron chi connectivity index (χ0n) is 13.5. The fourth-order valence-electron chi connectivity index (χ4n) is 2.33. The van der Waals surface area contributed by atoms with Gasteiger partial charge in [-0.15, -0.1) is 0 Å². The van der Waals surface area contributed by atoms with E-state index in [9.17, 15) is 4.79 Å². The molecule has 1 aromatic carbocycles. The Bertz CT molecular complexity index is 672. The van der Waals surface area contributed by atoms with Crippen molar-refractivity contribution in [1.29, 1.82) is 0 Å². The Morgan fingerprint density at radius 1 is 1.14 bits per heavy atom. The van der Waals surface area contributed by atoms with Gasteiger partial charge in [0.05, 0.1) is 12.3 Å². The van der Waals surface area contributed by atoms with Gasteiger partial charge in [0.1, 0.15) is 5.75 Å². The van der Waals surface area contributed by atoms with Gasteiger partial charge in [-0.2, -0.15) is 0 Å². The SMILES string of the molecule is CCn1c(-c2ccc(OCC(C)C)cc2)ccc(CN)c1=O. The highest BCUT2D eigenvalue weighted by Gasteiger charge is 2.08. The van der Waals surface area contributed by atoms with Crippen LogP contribution in [0.15, 0.2) is 41.2 Å². The maximum atomic E-state index is 12.3. The van der Waals surface area contributed by atoms with Crippen LogP contribution >= 0.6 is 0 Å². The minimum Gasteiger partial charge on any atom is -0.493 e. The van der Waals surface area contributed by atoms with Crippen LogP contribution < -0.4 is 16.0 Å². The van der Waals surface area contributed by atoms with Gasteiger partial charge in [-0.05, 0) is 48.7 Å². The molecule has 0 amide bonds. The number of hydrogen-bond acceptors (Lipinski definition) is 3. The van der Waals surface area contributed by atoms with Crippen molar-refractivity contribution in [1.82, 2.24) is 4.57 Å². The quantitative estimate of drug-likeness (QED) is 0.892. The predicted octanol–water partition coefficient (Wildman–Crippen LogP) is 3.03. The number of nitrogens with two attached hydrogens (primary N) is 1. The molecule has 4 nitrogen and oxygen atoms in total. The molecule has 1 aromatic heterocycles. The van der Waals surface area contributed by atoms with Crippen molar-refractivity contribution < 1.29 is 4.74 Å². The number of rotatable bonds is 6. The second-order valence-corrected chi connectivity index (χ2v) is 5.73. The van der Waals surface area contributed by atoms with E-state index in [0.29, 0.717) is 24.6 Å². The molecule has 0 saturated carbocycles. The van der Waals surface area contributed by atoms with E-state index in [1.54, 1.807) is 4.57 Å². The Morgan fingerprint density at radius 2 is 1.82 bits per heavy atom. The lowest BCUT2D eigenvalue weighted by molar-refractivity contribution is 0.271. The summed E-state index contributed by atoms with van der Waals surface area (Å²) in [5, 5.41) is 0. The van der Waals surface area contributed by atoms with Crippen molar-refractivity contribution in [3.8, 4) is 17.0 Å². The smallest absolute Gasteiger partial charge is 0.255 e. The van der Waals surface area contributed by atoms with E-state index in [1.165, 1.54) is 0 Å². The van der Waals surface area contributed by atoms with Crippen molar-refractivity contribution in [3.05, 3.63) is 52.3 Å². The summed E-state index contributed by atoms with van der Waals surface area (Å²) in [6, 6.07) is 11.6. The zero-order valence-corrected chi connectivity index (χ0v) is 13.5. The molecule has 1 heterocycles. The molecule has 0 aliphatic rings. The number of ether oxygens (including phenoxy) is 1. The van der Waals surface area contributed by atoms with Gasteiger partial charge in [0.25, 0.3) is 5.56 Å². The first-order valence-electron chi connectivity index (χ1n) is 7.72. The van der Waals surface area contributed by atoms with E-state index in [2.05, 4.69) is 13.8 Å². The van der Waals surface area contributed by atoms with Gasteiger partial charge < -0.3 is 15.0 Å². The average Bonchev–Trinajstić information content (AvgIpc) is 2.53. The van der Waals surface area contributed by atoms with Crippen LogP contribution in [-0.4, -0.2) is 11.2 Å². The number of aromatic nitrogens is 1. The highest BCUT2D eigenvalue weighted by molar-refractivity contribution is 5.61. The van der Waals surface area contributed by atoms with Crippen molar-refractivity contribution >= 4 is 0 Å². The third-order valence-electron chi connectivity index (χ3n) is 3.52. The standard InChI is InChI=1S/C18H24N2O2/c1-4-20-17(10-7-15(11-19)18(20)21)14-5-8-16(9-6-14)22-12-13(2)3/h5-10,13H,4,11-12,19H2,1-3H3. The molecule has 0 unspecified atom stereocenters. The zero-order chi connectivity index (χ0) is 16.1. The van der Waals surface area contributed by atoms with Crippen LogP contribution in [0.25, 0.3) is 11.3 Å². The molecule has 2 aromatic rings. The summed E-state index contributed by atoms with van der Waals surface area (Å²) in [6.45, 7) is 7.78. The van der Waals surface area contributed by atoms with Gasteiger partial charge >= 0.3 is 0 Å². The molecule has 0 radical (unpaired) electrons. The summed E-state index contributed by atoms with van der Waals surface area (Å²) in [5.74, 6) is 1.34. The highest BCUT2D eigenvalue weighted by Crippen LogP contribution is 2.22. The Morgan fingerprint density at radius 3 is 2.36 bits per heavy atom. The van der Waals surface area contributed by atoms with E-state index < -0.39 is 0 Å². The Kier molecular flexibility index (Phi) is 5.39. The normalized spacial score (nSPS) is 11.0. The molecular weight excluding hydrogens is 276 g/mol. The average molecular weight is 300 g/mol. The van der Waals surface area contributed by atoms with Gasteiger partial charge in [0.2, 0.25) is 0 Å². The van der Waals surface area contributed by atoms with Crippen LogP contribution in [0.5, 0.6) is 5.75 Å². The minimum absolute atomic E-state index is 0.0114. The van der Waals surface area contributed by atoms with E-state index in [-0.39, 0.29) is 12.1 Å². The van der Waals surface area contributed by atoms with E-state index in [0.717, 1.165) is 17.0 Å². The Labute approximate surface area is 131 Å². The van der Waals surface area contributed by atoms with E-state index in [1.807, 2.05) is 43.3 Å². The minimum atomic E-state index is -0.0114. The summed E-state index contributed by atoms with van der Waals surface area (Å²) >= 11 is 0. The molecule has 2 N–H and O–H groups in total. The lowest BCUT2D eigenvalue weighted by Gasteiger charge is -2.14. The van der Waals surface area contributed by atoms with Crippen LogP contribution in [0.1, 0.15) is 26.3 Å². The molecule has 4 heteroatoms. The highest BCUT2D eigenvalue weighted by atomic mass is 16.5. The molecule has 0 aliphatic heterocycles. The van der Waals surface area contributed by atoms with Gasteiger partial charge in [-0.1, -0.05) is 19.9 Å². The van der Waals surface area contributed by atoms with Gasteiger partial charge in [-0.3, -0.25) is 4.79 Å². The maximum Gasteiger partial charge on any atom is 0.255 e. The molecule has 0 fully saturated rings. The van der Waals surface area contributed by atoms with Gasteiger partial charge in [-0.25, -0.2) is 0 Å². The van der Waals surface area contributed by atoms with E-state index in [4.69, 9.17) is 10.5 Å². The lowest BCUT2D eigenvalue weighted by Crippen LogP contribution is -2.25. The Hall–Kier alpha value is -2.07. The lowest BCUT2D eigenvalue weighted by atomic mass is 10.1. The Balaban J connectivity index is 2.32. The molecule has 0 bridgehead atoms. The number of benzene rings is 1. The van der Waals surface area contributed by atoms with Crippen molar-refractivity contribution in [2.45, 2.75) is 33.9 Å². The summed E-state index contributed by atoms with van der Waals surface area (Å²) in [5.41, 5.74) is 8.14. The van der Waals surface area contributed by atoms with Crippen LogP contribution in [0.3, 0.4) is 0 Å². The molecule has 0 spiro atoms. The summed E-state index contributed by atoms with van der Waals surface area (Å²) in [4.78, 5) is 12.3. The van der Waals surface area contributed by atoms with Crippen molar-refractivity contribution in [2.24, 2.45) is 11.7 Å². The monoisotopic (exact) mass is 300 g/mol. The molecule has 0 saturated heterocycles. The first kappa shape index (κ1) is 16.3. The summed E-state index contributed by atoms with van der Waals surface area (Å²) < 4.78 is 7.45. The second kappa shape index (κ2) is 7.27. The maximum absolute atomic E-state index is 12.3. The van der Waals surface area contributed by atoms with Crippen LogP contribution in [0.2, 0.25) is 0 Å². The molecule has 0 aliphatic carbocycles. The van der Waals surface area contributed by atoms with E-state index >= 15 is 0 Å². The van der Waals surface area contributed by atoms with Crippen LogP contribution in [0, 0.1) is 5.92 Å². The first-order chi connectivity index (χ1) is 10.6. The van der Waals surface area contributed by atoms with Gasteiger partial charge in [0, 0.05) is 18.7 Å². The number of hydrogen-bond donors (Lipinski definition) is 1. The molecule has 118 valence electrons. The fraction of sp³-hybridized carbons (Fsp3) is 0.389. The number of nitrogens with zero attached hydrogens (tertiary/aromatic N) is 1. The molecular formula is C18H24N2O2. The fourth-order valence-corrected chi connectivity index (χ4v) is 2.33. The summed E-state index contributed by atoms with van der Waals surface area (Å²) in [7, 11) is 0. The van der Waals surface area contributed by atoms with Crippen molar-refractivity contribution in [2.75, 3.05) is 6.61 Å². The van der Waals surface area contributed by atoms with Crippen LogP contribution in [0.4, 0.5) is 0 Å². The topological polar surface area (TPSA) is 57.2 Å². The first-order valence-corrected chi connectivity index (χ1v) is 7.72. The third-order valence-corrected chi connectivity index (χ3v) is 3.52. The van der Waals surface area contributed by atoms with Crippen LogP contribution in [-0.2, 0) is 13.1 Å². The number of pyridine rings is 1. The third kappa shape index (κ3) is 3.57. The predicted molar refractivity (Wildman–Crippen MR) is 90.0 cm³/mol. The summed E-state index contributed by atoms with van der Waals surface area (Å²) in [6.07, 6.45) is 0. The molecule has 22 heavy (non-hydrogen) atoms. The molecule has 0 atom stereocenters. The molecule has 2 rings (SSSR count). The largest absolute Gasteiger partial charge is 0.493 e. The van der Waals surface area contributed by atoms with Crippen molar-refractivity contribution in [3.63, 3.8) is 0 Å². The second-order valence-electron chi connectivity index (χ2n) is 5.73.